The van der Waals surface area contributed by atoms with Gasteiger partial charge < -0.3 is 15.4 Å². The molecule has 0 bridgehead atoms. The predicted octanol–water partition coefficient (Wildman–Crippen LogP) is 3.38. The first-order valence-corrected chi connectivity index (χ1v) is 9.82. The molecule has 0 atom stereocenters. The minimum absolute atomic E-state index is 0.171. The van der Waals surface area contributed by atoms with E-state index >= 15 is 0 Å². The van der Waals surface area contributed by atoms with Crippen molar-refractivity contribution in [3.05, 3.63) is 64.4 Å². The zero-order valence-electron chi connectivity index (χ0n) is 16.5. The Morgan fingerprint density at radius 1 is 1.20 bits per heavy atom. The van der Waals surface area contributed by atoms with Crippen molar-refractivity contribution in [3.63, 3.8) is 0 Å². The molecular formula is C21H20ClN5O3. The maximum atomic E-state index is 13.2. The molecule has 0 unspecified atom stereocenters. The van der Waals surface area contributed by atoms with Crippen LogP contribution in [0.15, 0.2) is 42.6 Å². The fraction of sp³-hybridized carbons (Fsp3) is 0.238. The molecule has 1 saturated carbocycles. The summed E-state index contributed by atoms with van der Waals surface area (Å²) in [5, 5.41) is 10.4. The molecule has 8 nitrogen and oxygen atoms in total. The third-order valence-corrected chi connectivity index (χ3v) is 5.03. The number of pyridine rings is 1. The summed E-state index contributed by atoms with van der Waals surface area (Å²) in [7, 11) is 1.45. The number of nitrogens with zero attached hydrogens (tertiary/aromatic N) is 3. The molecule has 154 valence electrons. The number of hydrogen-bond donors (Lipinski definition) is 2. The van der Waals surface area contributed by atoms with Crippen molar-refractivity contribution in [1.82, 2.24) is 20.1 Å². The third kappa shape index (κ3) is 3.99. The van der Waals surface area contributed by atoms with Crippen molar-refractivity contribution in [2.75, 3.05) is 12.4 Å². The van der Waals surface area contributed by atoms with Crippen molar-refractivity contribution >= 4 is 29.1 Å². The molecule has 2 heterocycles. The number of amides is 2. The number of nitrogens with one attached hydrogen (secondary N) is 2. The molecule has 9 heteroatoms. The number of anilines is 1. The SMILES string of the molecule is COc1cc(C(=O)Nc2c(C)cccc2C(=O)NC2CC2)n(-c2ncccc2Cl)n1. The Labute approximate surface area is 178 Å². The topological polar surface area (TPSA) is 98.1 Å². The lowest BCUT2D eigenvalue weighted by Gasteiger charge is -2.14. The molecule has 1 aliphatic rings. The summed E-state index contributed by atoms with van der Waals surface area (Å²) in [6.45, 7) is 1.83. The Balaban J connectivity index is 1.69. The van der Waals surface area contributed by atoms with Crippen LogP contribution in [0.3, 0.4) is 0 Å². The number of rotatable bonds is 6. The van der Waals surface area contributed by atoms with Crippen LogP contribution < -0.4 is 15.4 Å². The lowest BCUT2D eigenvalue weighted by atomic mass is 10.1. The van der Waals surface area contributed by atoms with E-state index in [0.29, 0.717) is 22.1 Å². The number of benzene rings is 1. The van der Waals surface area contributed by atoms with Gasteiger partial charge >= 0.3 is 0 Å². The Bertz CT molecular complexity index is 1120. The number of aromatic nitrogens is 3. The van der Waals surface area contributed by atoms with E-state index < -0.39 is 5.91 Å². The summed E-state index contributed by atoms with van der Waals surface area (Å²) in [5.74, 6) is -0.153. The molecule has 4 rings (SSSR count). The van der Waals surface area contributed by atoms with E-state index in [0.717, 1.165) is 18.4 Å². The summed E-state index contributed by atoms with van der Waals surface area (Å²) in [4.78, 5) is 30.0. The van der Waals surface area contributed by atoms with Crippen LogP contribution in [-0.2, 0) is 0 Å². The van der Waals surface area contributed by atoms with Crippen LogP contribution >= 0.6 is 11.6 Å². The zero-order valence-corrected chi connectivity index (χ0v) is 17.2. The fourth-order valence-electron chi connectivity index (χ4n) is 3.01. The molecule has 0 spiro atoms. The van der Waals surface area contributed by atoms with Crippen LogP contribution in [0.2, 0.25) is 5.02 Å². The van der Waals surface area contributed by atoms with E-state index in [-0.39, 0.29) is 23.5 Å². The number of aryl methyl sites for hydroxylation is 1. The molecule has 2 N–H and O–H groups in total. The quantitative estimate of drug-likeness (QED) is 0.630. The molecule has 2 amide bonds. The average Bonchev–Trinajstić information content (AvgIpc) is 3.44. The number of ether oxygens (including phenoxy) is 1. The fourth-order valence-corrected chi connectivity index (χ4v) is 3.21. The Morgan fingerprint density at radius 3 is 2.70 bits per heavy atom. The Hall–Kier alpha value is -3.39. The standard InChI is InChI=1S/C21H20ClN5O3/c1-12-5-3-6-14(20(28)24-13-8-9-13)18(12)25-21(29)16-11-17(30-2)26-27(16)19-15(22)7-4-10-23-19/h3-7,10-11,13H,8-9H2,1-2H3,(H,24,28)(H,25,29). The molecule has 0 radical (unpaired) electrons. The molecule has 2 aromatic heterocycles. The summed E-state index contributed by atoms with van der Waals surface area (Å²) in [6, 6.07) is 10.3. The van der Waals surface area contributed by atoms with E-state index in [2.05, 4.69) is 20.7 Å². The highest BCUT2D eigenvalue weighted by Gasteiger charge is 2.26. The molecule has 3 aromatic rings. The second-order valence-electron chi connectivity index (χ2n) is 6.99. The first kappa shape index (κ1) is 19.9. The highest BCUT2D eigenvalue weighted by molar-refractivity contribution is 6.32. The van der Waals surface area contributed by atoms with Gasteiger partial charge in [-0.1, -0.05) is 23.7 Å². The minimum Gasteiger partial charge on any atom is -0.480 e. The predicted molar refractivity (Wildman–Crippen MR) is 113 cm³/mol. The van der Waals surface area contributed by atoms with Gasteiger partial charge in [-0.05, 0) is 43.5 Å². The Kier molecular flexibility index (Phi) is 5.41. The van der Waals surface area contributed by atoms with Gasteiger partial charge in [0, 0.05) is 18.3 Å². The summed E-state index contributed by atoms with van der Waals surface area (Å²) >= 11 is 6.25. The van der Waals surface area contributed by atoms with E-state index in [1.807, 2.05) is 13.0 Å². The second-order valence-corrected chi connectivity index (χ2v) is 7.40. The van der Waals surface area contributed by atoms with Crippen molar-refractivity contribution in [1.29, 1.82) is 0 Å². The van der Waals surface area contributed by atoms with Gasteiger partial charge in [-0.2, -0.15) is 0 Å². The lowest BCUT2D eigenvalue weighted by molar-refractivity contribution is 0.0952. The van der Waals surface area contributed by atoms with Crippen LogP contribution in [0, 0.1) is 6.92 Å². The van der Waals surface area contributed by atoms with Crippen molar-refractivity contribution in [2.24, 2.45) is 0 Å². The van der Waals surface area contributed by atoms with Gasteiger partial charge in [0.25, 0.3) is 11.8 Å². The van der Waals surface area contributed by atoms with E-state index in [9.17, 15) is 9.59 Å². The second kappa shape index (κ2) is 8.16. The minimum atomic E-state index is -0.470. The van der Waals surface area contributed by atoms with E-state index in [1.165, 1.54) is 17.9 Å². The zero-order chi connectivity index (χ0) is 21.3. The molecule has 0 aliphatic heterocycles. The highest BCUT2D eigenvalue weighted by Crippen LogP contribution is 2.26. The number of carbonyl (C=O) groups is 2. The highest BCUT2D eigenvalue weighted by atomic mass is 35.5. The normalized spacial score (nSPS) is 13.0. The van der Waals surface area contributed by atoms with Gasteiger partial charge in [0.15, 0.2) is 5.82 Å². The number of carbonyl (C=O) groups excluding carboxylic acids is 2. The van der Waals surface area contributed by atoms with Crippen LogP contribution in [0.4, 0.5) is 5.69 Å². The molecular weight excluding hydrogens is 406 g/mol. The van der Waals surface area contributed by atoms with Crippen LogP contribution in [0.25, 0.3) is 5.82 Å². The summed E-state index contributed by atoms with van der Waals surface area (Å²) < 4.78 is 6.50. The van der Waals surface area contributed by atoms with Crippen LogP contribution in [0.5, 0.6) is 5.88 Å². The van der Waals surface area contributed by atoms with Crippen molar-refractivity contribution in [2.45, 2.75) is 25.8 Å². The van der Waals surface area contributed by atoms with E-state index in [4.69, 9.17) is 16.3 Å². The molecule has 30 heavy (non-hydrogen) atoms. The van der Waals surface area contributed by atoms with Gasteiger partial charge in [-0.25, -0.2) is 9.67 Å². The number of methoxy groups -OCH3 is 1. The average molecular weight is 426 g/mol. The largest absolute Gasteiger partial charge is 0.480 e. The summed E-state index contributed by atoms with van der Waals surface area (Å²) in [6.07, 6.45) is 3.50. The maximum Gasteiger partial charge on any atom is 0.274 e. The lowest BCUT2D eigenvalue weighted by Crippen LogP contribution is -2.27. The maximum absolute atomic E-state index is 13.2. The van der Waals surface area contributed by atoms with Gasteiger partial charge in [0.1, 0.15) is 5.69 Å². The molecule has 1 aromatic carbocycles. The first-order valence-electron chi connectivity index (χ1n) is 9.44. The number of halogens is 1. The van der Waals surface area contributed by atoms with Gasteiger partial charge in [-0.15, -0.1) is 5.10 Å². The molecule has 1 aliphatic carbocycles. The van der Waals surface area contributed by atoms with Crippen molar-refractivity contribution in [3.8, 4) is 11.7 Å². The first-order chi connectivity index (χ1) is 14.5. The third-order valence-electron chi connectivity index (χ3n) is 4.74. The van der Waals surface area contributed by atoms with Crippen LogP contribution in [-0.4, -0.2) is 39.7 Å². The van der Waals surface area contributed by atoms with Crippen LogP contribution in [0.1, 0.15) is 39.3 Å². The molecule has 0 saturated heterocycles. The van der Waals surface area contributed by atoms with Gasteiger partial charge in [-0.3, -0.25) is 9.59 Å². The number of para-hydroxylation sites is 1. The summed E-state index contributed by atoms with van der Waals surface area (Å²) in [5.41, 5.74) is 1.79. The van der Waals surface area contributed by atoms with Gasteiger partial charge in [0.05, 0.1) is 23.4 Å². The van der Waals surface area contributed by atoms with Gasteiger partial charge in [0.2, 0.25) is 5.88 Å². The van der Waals surface area contributed by atoms with E-state index in [1.54, 1.807) is 30.5 Å². The Morgan fingerprint density at radius 2 is 2.00 bits per heavy atom. The molecule has 1 fully saturated rings. The van der Waals surface area contributed by atoms with Crippen molar-refractivity contribution < 1.29 is 14.3 Å². The number of hydrogen-bond acceptors (Lipinski definition) is 5. The smallest absolute Gasteiger partial charge is 0.274 e. The monoisotopic (exact) mass is 425 g/mol.